The Morgan fingerprint density at radius 2 is 0.962 bits per heavy atom. The molecule has 5 rings (SSSR count). The lowest BCUT2D eigenvalue weighted by Gasteiger charge is -2.09. The lowest BCUT2D eigenvalue weighted by Crippen LogP contribution is -1.97. The highest BCUT2D eigenvalue weighted by Gasteiger charge is 2.15. The van der Waals surface area contributed by atoms with Crippen LogP contribution < -0.4 is 0 Å². The molecule has 0 spiro atoms. The second kappa shape index (κ2) is 5.35. The first kappa shape index (κ1) is 14.5. The SMILES string of the molecule is O=Cc1ccc2c(n1)c1nc(C=O)ccc1c1nc3ccccc3nc21. The van der Waals surface area contributed by atoms with Gasteiger partial charge in [0.25, 0.3) is 0 Å². The number of carbonyl (C=O) groups is 2. The molecule has 0 bridgehead atoms. The third-order valence-electron chi connectivity index (χ3n) is 4.38. The third-order valence-corrected chi connectivity index (χ3v) is 4.38. The Kier molecular flexibility index (Phi) is 2.99. The molecular formula is C20H10N4O2. The predicted octanol–water partition coefficient (Wildman–Crippen LogP) is 3.50. The van der Waals surface area contributed by atoms with E-state index in [1.54, 1.807) is 24.3 Å². The Hall–Kier alpha value is -3.80. The van der Waals surface area contributed by atoms with Crippen molar-refractivity contribution in [3.05, 3.63) is 59.9 Å². The summed E-state index contributed by atoms with van der Waals surface area (Å²) >= 11 is 0. The Balaban J connectivity index is 2.10. The van der Waals surface area contributed by atoms with E-state index in [0.717, 1.165) is 21.8 Å². The molecule has 0 saturated carbocycles. The number of aldehydes is 2. The van der Waals surface area contributed by atoms with Crippen LogP contribution >= 0.6 is 0 Å². The van der Waals surface area contributed by atoms with Gasteiger partial charge in [0, 0.05) is 10.8 Å². The van der Waals surface area contributed by atoms with Crippen LogP contribution in [0.4, 0.5) is 0 Å². The molecule has 0 amide bonds. The van der Waals surface area contributed by atoms with Crippen LogP contribution in [0.5, 0.6) is 0 Å². The lowest BCUT2D eigenvalue weighted by molar-refractivity contribution is 0.111. The third kappa shape index (κ3) is 1.99. The molecule has 122 valence electrons. The van der Waals surface area contributed by atoms with E-state index in [1.807, 2.05) is 24.3 Å². The average Bonchev–Trinajstić information content (AvgIpc) is 2.71. The Labute approximate surface area is 146 Å². The minimum absolute atomic E-state index is 0.296. The number of hydrogen-bond acceptors (Lipinski definition) is 6. The van der Waals surface area contributed by atoms with Gasteiger partial charge in [0.05, 0.1) is 33.1 Å². The fraction of sp³-hybridized carbons (Fsp3) is 0. The molecule has 0 atom stereocenters. The highest BCUT2D eigenvalue weighted by molar-refractivity contribution is 6.21. The van der Waals surface area contributed by atoms with E-state index in [-0.39, 0.29) is 0 Å². The van der Waals surface area contributed by atoms with Crippen LogP contribution in [0.1, 0.15) is 21.0 Å². The number of carbonyl (C=O) groups excluding carboxylic acids is 2. The molecule has 0 unspecified atom stereocenters. The molecule has 0 fully saturated rings. The van der Waals surface area contributed by atoms with Crippen LogP contribution in [0.15, 0.2) is 48.5 Å². The predicted molar refractivity (Wildman–Crippen MR) is 98.4 cm³/mol. The number of pyridine rings is 2. The van der Waals surface area contributed by atoms with E-state index in [9.17, 15) is 9.59 Å². The van der Waals surface area contributed by atoms with Gasteiger partial charge in [-0.05, 0) is 36.4 Å². The second-order valence-corrected chi connectivity index (χ2v) is 5.91. The first-order valence-electron chi connectivity index (χ1n) is 7.99. The van der Waals surface area contributed by atoms with Crippen molar-refractivity contribution < 1.29 is 9.59 Å². The Bertz CT molecular complexity index is 1270. The van der Waals surface area contributed by atoms with Gasteiger partial charge in [-0.1, -0.05) is 12.1 Å². The standard InChI is InChI=1S/C20H10N4O2/c25-9-11-5-7-13-17(21-11)18-14(8-6-12(10-26)22-18)20-19(13)23-15-3-1-2-4-16(15)24-20/h1-10H. The Morgan fingerprint density at radius 1 is 0.538 bits per heavy atom. The van der Waals surface area contributed by atoms with Crippen LogP contribution in [0.3, 0.4) is 0 Å². The molecule has 26 heavy (non-hydrogen) atoms. The highest BCUT2D eigenvalue weighted by atomic mass is 16.1. The second-order valence-electron chi connectivity index (χ2n) is 5.91. The van der Waals surface area contributed by atoms with E-state index < -0.39 is 0 Å². The Morgan fingerprint density at radius 3 is 1.38 bits per heavy atom. The summed E-state index contributed by atoms with van der Waals surface area (Å²) in [6.45, 7) is 0. The summed E-state index contributed by atoms with van der Waals surface area (Å²) in [5.41, 5.74) is 4.59. The van der Waals surface area contributed by atoms with Crippen molar-refractivity contribution >= 4 is 56.4 Å². The molecule has 0 aliphatic heterocycles. The zero-order valence-corrected chi connectivity index (χ0v) is 13.4. The van der Waals surface area contributed by atoms with Gasteiger partial charge < -0.3 is 0 Å². The summed E-state index contributed by atoms with van der Waals surface area (Å²) < 4.78 is 0. The summed E-state index contributed by atoms with van der Waals surface area (Å²) in [7, 11) is 0. The molecular weight excluding hydrogens is 328 g/mol. The summed E-state index contributed by atoms with van der Waals surface area (Å²) in [5.74, 6) is 0. The highest BCUT2D eigenvalue weighted by Crippen LogP contribution is 2.32. The minimum atomic E-state index is 0.296. The lowest BCUT2D eigenvalue weighted by atomic mass is 10.1. The maximum absolute atomic E-state index is 11.2. The van der Waals surface area contributed by atoms with Gasteiger partial charge in [-0.25, -0.2) is 19.9 Å². The van der Waals surface area contributed by atoms with Crippen molar-refractivity contribution in [1.82, 2.24) is 19.9 Å². The summed E-state index contributed by atoms with van der Waals surface area (Å²) in [6, 6.07) is 14.5. The molecule has 6 heteroatoms. The van der Waals surface area contributed by atoms with Crippen molar-refractivity contribution in [3.8, 4) is 0 Å². The smallest absolute Gasteiger partial charge is 0.168 e. The van der Waals surface area contributed by atoms with E-state index in [1.165, 1.54) is 0 Å². The van der Waals surface area contributed by atoms with Gasteiger partial charge in [0.15, 0.2) is 12.6 Å². The van der Waals surface area contributed by atoms with Crippen LogP contribution in [0.25, 0.3) is 43.9 Å². The fourth-order valence-corrected chi connectivity index (χ4v) is 3.20. The molecule has 0 aliphatic carbocycles. The van der Waals surface area contributed by atoms with Crippen LogP contribution in [-0.2, 0) is 0 Å². The molecule has 3 aromatic heterocycles. The molecule has 6 nitrogen and oxygen atoms in total. The normalized spacial score (nSPS) is 11.4. The monoisotopic (exact) mass is 338 g/mol. The van der Waals surface area contributed by atoms with E-state index in [4.69, 9.17) is 9.97 Å². The number of aromatic nitrogens is 4. The van der Waals surface area contributed by atoms with Crippen molar-refractivity contribution in [2.75, 3.05) is 0 Å². The maximum Gasteiger partial charge on any atom is 0.168 e. The van der Waals surface area contributed by atoms with Crippen LogP contribution in [0, 0.1) is 0 Å². The topological polar surface area (TPSA) is 85.7 Å². The van der Waals surface area contributed by atoms with Crippen LogP contribution in [-0.4, -0.2) is 32.5 Å². The van der Waals surface area contributed by atoms with E-state index in [0.29, 0.717) is 46.0 Å². The van der Waals surface area contributed by atoms with Crippen molar-refractivity contribution in [3.63, 3.8) is 0 Å². The van der Waals surface area contributed by atoms with Gasteiger partial charge in [-0.2, -0.15) is 0 Å². The molecule has 0 radical (unpaired) electrons. The zero-order valence-electron chi connectivity index (χ0n) is 13.4. The fourth-order valence-electron chi connectivity index (χ4n) is 3.20. The number of rotatable bonds is 2. The van der Waals surface area contributed by atoms with Gasteiger partial charge in [-0.3, -0.25) is 9.59 Å². The van der Waals surface area contributed by atoms with Crippen molar-refractivity contribution in [2.24, 2.45) is 0 Å². The molecule has 3 heterocycles. The van der Waals surface area contributed by atoms with Gasteiger partial charge in [0.2, 0.25) is 0 Å². The molecule has 5 aromatic rings. The van der Waals surface area contributed by atoms with Crippen molar-refractivity contribution in [2.45, 2.75) is 0 Å². The number of fused-ring (bicyclic) bond motifs is 7. The van der Waals surface area contributed by atoms with E-state index >= 15 is 0 Å². The number of hydrogen-bond donors (Lipinski definition) is 0. The maximum atomic E-state index is 11.2. The average molecular weight is 338 g/mol. The first-order valence-corrected chi connectivity index (χ1v) is 7.99. The minimum Gasteiger partial charge on any atom is -0.296 e. The molecule has 0 saturated heterocycles. The molecule has 0 N–H and O–H groups in total. The molecule has 0 aliphatic rings. The van der Waals surface area contributed by atoms with Gasteiger partial charge in [0.1, 0.15) is 11.4 Å². The summed E-state index contributed by atoms with van der Waals surface area (Å²) in [5, 5.41) is 1.49. The van der Waals surface area contributed by atoms with E-state index in [2.05, 4.69) is 9.97 Å². The number of para-hydroxylation sites is 2. The summed E-state index contributed by atoms with van der Waals surface area (Å²) in [4.78, 5) is 40.7. The quantitative estimate of drug-likeness (QED) is 0.278. The molecule has 2 aromatic carbocycles. The number of nitrogens with zero attached hydrogens (tertiary/aromatic N) is 4. The van der Waals surface area contributed by atoms with Gasteiger partial charge in [-0.15, -0.1) is 0 Å². The first-order chi connectivity index (χ1) is 12.8. The summed E-state index contributed by atoms with van der Waals surface area (Å²) in [6.07, 6.45) is 1.37. The zero-order chi connectivity index (χ0) is 17.7. The largest absolute Gasteiger partial charge is 0.296 e. The number of benzene rings is 2. The van der Waals surface area contributed by atoms with Gasteiger partial charge >= 0.3 is 0 Å². The van der Waals surface area contributed by atoms with Crippen molar-refractivity contribution in [1.29, 1.82) is 0 Å². The van der Waals surface area contributed by atoms with Crippen LogP contribution in [0.2, 0.25) is 0 Å².